The first-order valence-electron chi connectivity index (χ1n) is 6.03. The van der Waals surface area contributed by atoms with Crippen molar-refractivity contribution >= 4 is 17.5 Å². The van der Waals surface area contributed by atoms with Crippen LogP contribution in [0.2, 0.25) is 5.15 Å². The van der Waals surface area contributed by atoms with Crippen LogP contribution < -0.4 is 0 Å². The Morgan fingerprint density at radius 1 is 1.59 bits per heavy atom. The van der Waals surface area contributed by atoms with Crippen LogP contribution >= 0.6 is 11.6 Å². The van der Waals surface area contributed by atoms with E-state index in [0.717, 1.165) is 31.6 Å². The van der Waals surface area contributed by atoms with Crippen molar-refractivity contribution in [3.63, 3.8) is 0 Å². The van der Waals surface area contributed by atoms with Gasteiger partial charge in [-0.15, -0.1) is 0 Å². The van der Waals surface area contributed by atoms with Crippen molar-refractivity contribution < 1.29 is 4.79 Å². The lowest BCUT2D eigenvalue weighted by Crippen LogP contribution is -2.28. The fourth-order valence-electron chi connectivity index (χ4n) is 2.28. The molecule has 2 heterocycles. The number of carbonyl (C=O) groups is 1. The second-order valence-electron chi connectivity index (χ2n) is 4.63. The van der Waals surface area contributed by atoms with Gasteiger partial charge < -0.3 is 4.90 Å². The van der Waals surface area contributed by atoms with Gasteiger partial charge >= 0.3 is 0 Å². The molecule has 0 saturated carbocycles. The SMILES string of the molecule is CCC1CCN(C(=O)c2cc(C)nc(Cl)c2)C1. The highest BCUT2D eigenvalue weighted by Gasteiger charge is 2.26. The summed E-state index contributed by atoms with van der Waals surface area (Å²) in [5.74, 6) is 0.728. The van der Waals surface area contributed by atoms with Gasteiger partial charge in [0.25, 0.3) is 5.91 Å². The minimum Gasteiger partial charge on any atom is -0.338 e. The minimum absolute atomic E-state index is 0.0772. The van der Waals surface area contributed by atoms with Crippen LogP contribution in [0, 0.1) is 12.8 Å². The summed E-state index contributed by atoms with van der Waals surface area (Å²) in [4.78, 5) is 18.2. The fourth-order valence-corrected chi connectivity index (χ4v) is 2.54. The number of hydrogen-bond donors (Lipinski definition) is 0. The first kappa shape index (κ1) is 12.4. The molecule has 0 bridgehead atoms. The van der Waals surface area contributed by atoms with E-state index < -0.39 is 0 Å². The number of carbonyl (C=O) groups excluding carboxylic acids is 1. The quantitative estimate of drug-likeness (QED) is 0.759. The number of likely N-dealkylation sites (tertiary alicyclic amines) is 1. The molecule has 0 spiro atoms. The highest BCUT2D eigenvalue weighted by Crippen LogP contribution is 2.22. The third-order valence-corrected chi connectivity index (χ3v) is 3.51. The van der Waals surface area contributed by atoms with Crippen molar-refractivity contribution in [2.75, 3.05) is 13.1 Å². The van der Waals surface area contributed by atoms with Crippen molar-refractivity contribution in [3.05, 3.63) is 28.5 Å². The molecular formula is C13H17ClN2O. The van der Waals surface area contributed by atoms with E-state index in [2.05, 4.69) is 11.9 Å². The molecular weight excluding hydrogens is 236 g/mol. The van der Waals surface area contributed by atoms with Gasteiger partial charge in [-0.25, -0.2) is 4.98 Å². The molecule has 1 unspecified atom stereocenters. The molecule has 0 aromatic carbocycles. The molecule has 0 N–H and O–H groups in total. The lowest BCUT2D eigenvalue weighted by atomic mass is 10.1. The Morgan fingerprint density at radius 3 is 2.94 bits per heavy atom. The van der Waals surface area contributed by atoms with Crippen molar-refractivity contribution in [1.29, 1.82) is 0 Å². The second-order valence-corrected chi connectivity index (χ2v) is 5.02. The van der Waals surface area contributed by atoms with Gasteiger partial charge in [0.15, 0.2) is 0 Å². The lowest BCUT2D eigenvalue weighted by Gasteiger charge is -2.16. The average Bonchev–Trinajstić information content (AvgIpc) is 2.75. The van der Waals surface area contributed by atoms with E-state index in [9.17, 15) is 4.79 Å². The van der Waals surface area contributed by atoms with E-state index in [1.165, 1.54) is 0 Å². The van der Waals surface area contributed by atoms with Crippen LogP contribution in [0.15, 0.2) is 12.1 Å². The molecule has 1 aromatic heterocycles. The standard InChI is InChI=1S/C13H17ClN2O/c1-3-10-4-5-16(8-10)13(17)11-6-9(2)15-12(14)7-11/h6-7,10H,3-5,8H2,1-2H3. The molecule has 17 heavy (non-hydrogen) atoms. The van der Waals surface area contributed by atoms with Crippen LogP contribution in [-0.2, 0) is 0 Å². The summed E-state index contributed by atoms with van der Waals surface area (Å²) < 4.78 is 0. The zero-order chi connectivity index (χ0) is 12.4. The maximum Gasteiger partial charge on any atom is 0.254 e. The molecule has 0 radical (unpaired) electrons. The van der Waals surface area contributed by atoms with Gasteiger partial charge in [0.1, 0.15) is 5.15 Å². The zero-order valence-corrected chi connectivity index (χ0v) is 11.0. The van der Waals surface area contributed by atoms with Crippen molar-refractivity contribution in [2.45, 2.75) is 26.7 Å². The average molecular weight is 253 g/mol. The topological polar surface area (TPSA) is 33.2 Å². The smallest absolute Gasteiger partial charge is 0.254 e. The normalized spacial score (nSPS) is 19.7. The maximum absolute atomic E-state index is 12.3. The number of halogens is 1. The van der Waals surface area contributed by atoms with Crippen LogP contribution in [0.4, 0.5) is 0 Å². The van der Waals surface area contributed by atoms with Gasteiger partial charge in [0.05, 0.1) is 0 Å². The van der Waals surface area contributed by atoms with Crippen LogP contribution in [0.5, 0.6) is 0 Å². The number of pyridine rings is 1. The number of aryl methyl sites for hydroxylation is 1. The molecule has 1 fully saturated rings. The highest BCUT2D eigenvalue weighted by molar-refractivity contribution is 6.29. The Labute approximate surface area is 107 Å². The largest absolute Gasteiger partial charge is 0.338 e. The predicted molar refractivity (Wildman–Crippen MR) is 68.3 cm³/mol. The van der Waals surface area contributed by atoms with Crippen molar-refractivity contribution in [2.24, 2.45) is 5.92 Å². The van der Waals surface area contributed by atoms with E-state index in [-0.39, 0.29) is 5.91 Å². The first-order chi connectivity index (χ1) is 8.10. The Morgan fingerprint density at radius 2 is 2.35 bits per heavy atom. The highest BCUT2D eigenvalue weighted by atomic mass is 35.5. The minimum atomic E-state index is 0.0772. The van der Waals surface area contributed by atoms with Crippen LogP contribution in [0.25, 0.3) is 0 Å². The van der Waals surface area contributed by atoms with Gasteiger partial charge in [-0.1, -0.05) is 24.9 Å². The Kier molecular flexibility index (Phi) is 3.67. The number of amides is 1. The Bertz CT molecular complexity index is 413. The summed E-state index contributed by atoms with van der Waals surface area (Å²) in [6.45, 7) is 5.75. The summed E-state index contributed by atoms with van der Waals surface area (Å²) >= 11 is 5.87. The Balaban J connectivity index is 2.14. The summed E-state index contributed by atoms with van der Waals surface area (Å²) in [5, 5.41) is 0.389. The number of hydrogen-bond acceptors (Lipinski definition) is 2. The molecule has 2 rings (SSSR count). The molecule has 92 valence electrons. The second kappa shape index (κ2) is 5.05. The first-order valence-corrected chi connectivity index (χ1v) is 6.41. The van der Waals surface area contributed by atoms with E-state index in [1.54, 1.807) is 12.1 Å². The summed E-state index contributed by atoms with van der Waals surface area (Å²) in [6, 6.07) is 3.45. The predicted octanol–water partition coefficient (Wildman–Crippen LogP) is 2.92. The number of aromatic nitrogens is 1. The van der Waals surface area contributed by atoms with Gasteiger partial charge in [-0.3, -0.25) is 4.79 Å². The van der Waals surface area contributed by atoms with Gasteiger partial charge in [0.2, 0.25) is 0 Å². The summed E-state index contributed by atoms with van der Waals surface area (Å²) in [6.07, 6.45) is 2.25. The van der Waals surface area contributed by atoms with Crippen molar-refractivity contribution in [1.82, 2.24) is 9.88 Å². The van der Waals surface area contributed by atoms with Crippen molar-refractivity contribution in [3.8, 4) is 0 Å². The molecule has 1 saturated heterocycles. The van der Waals surface area contributed by atoms with E-state index in [4.69, 9.17) is 11.6 Å². The number of nitrogens with zero attached hydrogens (tertiary/aromatic N) is 2. The third-order valence-electron chi connectivity index (χ3n) is 3.32. The van der Waals surface area contributed by atoms with Crippen LogP contribution in [0.3, 0.4) is 0 Å². The molecule has 1 aliphatic heterocycles. The van der Waals surface area contributed by atoms with Crippen LogP contribution in [-0.4, -0.2) is 28.9 Å². The molecule has 4 heteroatoms. The lowest BCUT2D eigenvalue weighted by molar-refractivity contribution is 0.0786. The van der Waals surface area contributed by atoms with Gasteiger partial charge in [-0.2, -0.15) is 0 Å². The van der Waals surface area contributed by atoms with Crippen LogP contribution in [0.1, 0.15) is 35.8 Å². The Hall–Kier alpha value is -1.09. The van der Waals surface area contributed by atoms with Gasteiger partial charge in [-0.05, 0) is 31.4 Å². The maximum atomic E-state index is 12.3. The van der Waals surface area contributed by atoms with Gasteiger partial charge in [0, 0.05) is 24.3 Å². The molecule has 1 aromatic rings. The summed E-state index contributed by atoms with van der Waals surface area (Å²) in [7, 11) is 0. The van der Waals surface area contributed by atoms with E-state index in [1.807, 2.05) is 11.8 Å². The van der Waals surface area contributed by atoms with E-state index >= 15 is 0 Å². The fraction of sp³-hybridized carbons (Fsp3) is 0.538. The molecule has 0 aliphatic carbocycles. The van der Waals surface area contributed by atoms with E-state index in [0.29, 0.717) is 16.6 Å². The number of rotatable bonds is 2. The molecule has 3 nitrogen and oxygen atoms in total. The summed E-state index contributed by atoms with van der Waals surface area (Å²) in [5.41, 5.74) is 1.44. The zero-order valence-electron chi connectivity index (χ0n) is 10.2. The molecule has 1 amide bonds. The molecule has 1 aliphatic rings. The monoisotopic (exact) mass is 252 g/mol. The third kappa shape index (κ3) is 2.78. The molecule has 1 atom stereocenters.